The van der Waals surface area contributed by atoms with Gasteiger partial charge in [-0.1, -0.05) is 0 Å². The van der Waals surface area contributed by atoms with Gasteiger partial charge in [0.2, 0.25) is 0 Å². The fourth-order valence-electron chi connectivity index (χ4n) is 0. The summed E-state index contributed by atoms with van der Waals surface area (Å²) in [5, 5.41) is 8.23. The number of hydrogen-bond donors (Lipinski definition) is 1. The van der Waals surface area contributed by atoms with Crippen LogP contribution in [0.15, 0.2) is 0 Å². The van der Waals surface area contributed by atoms with Gasteiger partial charge in [-0.25, -0.2) is 0 Å². The van der Waals surface area contributed by atoms with Crippen LogP contribution in [0.4, 0.5) is 13.2 Å². The minimum atomic E-state index is -4.51. The first-order valence-electron chi connectivity index (χ1n) is 2.75. The van der Waals surface area contributed by atoms with Gasteiger partial charge in [-0.2, -0.15) is 20.1 Å². The van der Waals surface area contributed by atoms with Crippen LogP contribution in [0.2, 0.25) is 0 Å². The Labute approximate surface area is 77.7 Å². The molecule has 66 valence electrons. The van der Waals surface area contributed by atoms with Crippen molar-refractivity contribution in [2.75, 3.05) is 0 Å². The first-order chi connectivity index (χ1) is 4.25. The summed E-state index contributed by atoms with van der Waals surface area (Å²) < 4.78 is 33.9. The third-order valence-corrected chi connectivity index (χ3v) is 0.694. The van der Waals surface area contributed by atoms with Crippen molar-refractivity contribution in [3.63, 3.8) is 0 Å². The molecule has 0 saturated carbocycles. The molecule has 0 aliphatic rings. The molecular weight excluding hydrogens is 210 g/mol. The summed E-state index contributed by atoms with van der Waals surface area (Å²) in [6.07, 6.45) is -4.51. The summed E-state index contributed by atoms with van der Waals surface area (Å²) >= 11 is 0. The summed E-state index contributed by atoms with van der Waals surface area (Å²) in [6, 6.07) is 0. The Balaban J connectivity index is -0.000000196. The van der Waals surface area contributed by atoms with Gasteiger partial charge in [-0.05, 0) is 13.8 Å². The molecule has 0 aliphatic carbocycles. The number of alkyl halides is 3. The zero-order valence-corrected chi connectivity index (χ0v) is 9.96. The Morgan fingerprint density at radius 1 is 1.09 bits per heavy atom. The molecule has 1 N–H and O–H groups in total. The molecule has 11 heavy (non-hydrogen) atoms. The minimum absolute atomic E-state index is 0. The Bertz CT molecular complexity index is 72.8. The molecule has 0 fully saturated rings. The fourth-order valence-corrected chi connectivity index (χ4v) is 0. The van der Waals surface area contributed by atoms with E-state index in [9.17, 15) is 13.2 Å². The fraction of sp³-hybridized carbons (Fsp3) is 0.833. The molecule has 0 aromatic carbocycles. The van der Waals surface area contributed by atoms with Crippen molar-refractivity contribution in [3.8, 4) is 0 Å². The quantitative estimate of drug-likeness (QED) is 0.492. The number of halogens is 3. The van der Waals surface area contributed by atoms with E-state index in [0.717, 1.165) is 0 Å². The van der Waals surface area contributed by atoms with Gasteiger partial charge in [0.1, 0.15) is 0 Å². The molecule has 0 spiro atoms. The van der Waals surface area contributed by atoms with E-state index in [1.165, 1.54) is 0 Å². The predicted molar refractivity (Wildman–Crippen MR) is 33.4 cm³/mol. The average molecular weight is 223 g/mol. The van der Waals surface area contributed by atoms with Gasteiger partial charge in [0, 0.05) is 19.5 Å². The van der Waals surface area contributed by atoms with Crippen LogP contribution in [0.5, 0.6) is 0 Å². The van der Waals surface area contributed by atoms with E-state index in [-0.39, 0.29) is 19.5 Å². The van der Waals surface area contributed by atoms with Crippen LogP contribution < -0.4 is 0 Å². The van der Waals surface area contributed by atoms with Crippen LogP contribution in [0, 0.1) is 6.92 Å². The van der Waals surface area contributed by atoms with E-state index in [1.807, 2.05) is 0 Å². The summed E-state index contributed by atoms with van der Waals surface area (Å²) in [5.74, 6) is 0. The zero-order chi connectivity index (χ0) is 9.00. The van der Waals surface area contributed by atoms with Crippen LogP contribution in [0.25, 0.3) is 0 Å². The van der Waals surface area contributed by atoms with Gasteiger partial charge >= 0.3 is 6.18 Å². The van der Waals surface area contributed by atoms with Gasteiger partial charge in [0.25, 0.3) is 0 Å². The van der Waals surface area contributed by atoms with Crippen LogP contribution >= 0.6 is 0 Å². The Hall–Kier alpha value is 0.373. The van der Waals surface area contributed by atoms with Crippen LogP contribution in [0.3, 0.4) is 0 Å². The van der Waals surface area contributed by atoms with Gasteiger partial charge in [0.15, 0.2) is 5.60 Å². The van der Waals surface area contributed by atoms with Gasteiger partial charge in [-0.3, -0.25) is 0 Å². The first-order valence-corrected chi connectivity index (χ1v) is 2.75. The largest absolute Gasteiger partial charge is 0.416 e. The summed E-state index contributed by atoms with van der Waals surface area (Å²) in [5.41, 5.74) is -2.56. The second-order valence-corrected chi connectivity index (χ2v) is 2.06. The van der Waals surface area contributed by atoms with Crippen molar-refractivity contribution in [2.24, 2.45) is 0 Å². The third-order valence-electron chi connectivity index (χ3n) is 0.694. The maximum atomic E-state index is 11.3. The molecule has 0 aromatic heterocycles. The Morgan fingerprint density at radius 3 is 1.18 bits per heavy atom. The maximum Gasteiger partial charge on any atom is 0.416 e. The first kappa shape index (κ1) is 17.5. The third kappa shape index (κ3) is 8.28. The molecule has 0 unspecified atom stereocenters. The number of hydrogen-bond acceptors (Lipinski definition) is 1. The molecule has 0 amide bonds. The minimum Gasteiger partial charge on any atom is -0.381 e. The van der Waals surface area contributed by atoms with Crippen molar-refractivity contribution in [1.82, 2.24) is 0 Å². The molecule has 0 heterocycles. The van der Waals surface area contributed by atoms with E-state index in [1.54, 1.807) is 6.92 Å². The SMILES string of the molecule is CC(C)(O)C(F)(F)F.[CH2-]C.[Zn]. The van der Waals surface area contributed by atoms with E-state index >= 15 is 0 Å². The Morgan fingerprint density at radius 2 is 1.18 bits per heavy atom. The van der Waals surface area contributed by atoms with Crippen molar-refractivity contribution in [2.45, 2.75) is 32.5 Å². The number of aliphatic hydroxyl groups is 1. The van der Waals surface area contributed by atoms with Crippen molar-refractivity contribution in [1.29, 1.82) is 0 Å². The standard InChI is InChI=1S/C4H7F3O.C2H5.Zn/c1-3(2,8)4(5,6)7;1-2;/h8H,1-2H3;1H2,2H3;/q;-1;. The van der Waals surface area contributed by atoms with E-state index in [4.69, 9.17) is 5.11 Å². The molecule has 0 aromatic rings. The topological polar surface area (TPSA) is 20.2 Å². The average Bonchev–Trinajstić information content (AvgIpc) is 1.66. The van der Waals surface area contributed by atoms with Gasteiger partial charge in [0.05, 0.1) is 0 Å². The number of rotatable bonds is 0. The molecule has 5 heteroatoms. The van der Waals surface area contributed by atoms with E-state index < -0.39 is 11.8 Å². The van der Waals surface area contributed by atoms with E-state index in [2.05, 4.69) is 6.92 Å². The molecule has 0 bridgehead atoms. The predicted octanol–water partition coefficient (Wildman–Crippen LogP) is 2.16. The van der Waals surface area contributed by atoms with Gasteiger partial charge in [-0.15, -0.1) is 0 Å². The molecule has 0 radical (unpaired) electrons. The summed E-state index contributed by atoms with van der Waals surface area (Å²) in [6.45, 7) is 6.40. The van der Waals surface area contributed by atoms with Crippen LogP contribution in [-0.4, -0.2) is 16.9 Å². The molecule has 0 atom stereocenters. The van der Waals surface area contributed by atoms with Crippen LogP contribution in [0.1, 0.15) is 20.8 Å². The summed E-state index contributed by atoms with van der Waals surface area (Å²) in [7, 11) is 0. The normalized spacial score (nSPS) is 10.9. The van der Waals surface area contributed by atoms with Crippen molar-refractivity contribution in [3.05, 3.63) is 6.92 Å². The van der Waals surface area contributed by atoms with Crippen molar-refractivity contribution < 1.29 is 37.8 Å². The second-order valence-electron chi connectivity index (χ2n) is 2.06. The Kier molecular flexibility index (Phi) is 9.45. The summed E-state index contributed by atoms with van der Waals surface area (Å²) in [4.78, 5) is 0. The molecule has 0 saturated heterocycles. The molecular formula is C6H12F3OZn-. The smallest absolute Gasteiger partial charge is 0.381 e. The molecule has 0 aliphatic heterocycles. The van der Waals surface area contributed by atoms with Crippen molar-refractivity contribution >= 4 is 0 Å². The van der Waals surface area contributed by atoms with E-state index in [0.29, 0.717) is 13.8 Å². The zero-order valence-electron chi connectivity index (χ0n) is 7.00. The monoisotopic (exact) mass is 221 g/mol. The molecule has 1 nitrogen and oxygen atoms in total. The van der Waals surface area contributed by atoms with Gasteiger partial charge < -0.3 is 12.0 Å². The second kappa shape index (κ2) is 5.95. The van der Waals surface area contributed by atoms with Crippen LogP contribution in [-0.2, 0) is 19.5 Å². The molecule has 0 rings (SSSR count). The maximum absolute atomic E-state index is 11.3.